The van der Waals surface area contributed by atoms with Crippen molar-refractivity contribution in [2.45, 2.75) is 43.6 Å². The van der Waals surface area contributed by atoms with Crippen LogP contribution in [0.15, 0.2) is 36.7 Å². The fraction of sp³-hybridized carbons (Fsp3) is 0.385. The lowest BCUT2D eigenvalue weighted by Crippen LogP contribution is -2.52. The van der Waals surface area contributed by atoms with E-state index in [1.807, 2.05) is 27.8 Å². The summed E-state index contributed by atoms with van der Waals surface area (Å²) in [7, 11) is 1.60. The summed E-state index contributed by atoms with van der Waals surface area (Å²) in [5.41, 5.74) is 3.04. The molecule has 2 aliphatic heterocycles. The van der Waals surface area contributed by atoms with Gasteiger partial charge in [-0.15, -0.1) is 10.2 Å². The first-order valence-corrected chi connectivity index (χ1v) is 12.5. The van der Waals surface area contributed by atoms with Crippen LogP contribution in [-0.2, 0) is 0 Å². The van der Waals surface area contributed by atoms with Gasteiger partial charge in [-0.1, -0.05) is 0 Å². The number of fused-ring (bicyclic) bond motifs is 2. The molecule has 1 amide bonds. The van der Waals surface area contributed by atoms with Crippen molar-refractivity contribution in [1.82, 2.24) is 34.9 Å². The lowest BCUT2D eigenvalue weighted by Gasteiger charge is -2.44. The number of nitrogens with zero attached hydrogens (tertiary/aromatic N) is 6. The molecule has 37 heavy (non-hydrogen) atoms. The van der Waals surface area contributed by atoms with Crippen LogP contribution in [0.5, 0.6) is 11.5 Å². The number of hydrogen-bond acceptors (Lipinski definition) is 8. The van der Waals surface area contributed by atoms with Crippen molar-refractivity contribution in [1.29, 1.82) is 0 Å². The largest absolute Gasteiger partial charge is 0.493 e. The predicted octanol–water partition coefficient (Wildman–Crippen LogP) is 3.04. The Labute approximate surface area is 211 Å². The summed E-state index contributed by atoms with van der Waals surface area (Å²) < 4.78 is 14.0. The van der Waals surface area contributed by atoms with Crippen LogP contribution in [0, 0.1) is 0 Å². The molecular formula is C26H25N7O4. The third-order valence-corrected chi connectivity index (χ3v) is 7.72. The molecule has 0 bridgehead atoms. The number of imidazole rings is 1. The molecule has 0 atom stereocenters. The van der Waals surface area contributed by atoms with E-state index in [4.69, 9.17) is 9.47 Å². The van der Waals surface area contributed by atoms with E-state index in [1.54, 1.807) is 25.3 Å². The zero-order valence-electron chi connectivity index (χ0n) is 20.3. The van der Waals surface area contributed by atoms with E-state index >= 15 is 0 Å². The maximum Gasteiger partial charge on any atom is 0.255 e. The van der Waals surface area contributed by atoms with E-state index in [0.29, 0.717) is 65.9 Å². The van der Waals surface area contributed by atoms with E-state index in [1.165, 1.54) is 0 Å². The Kier molecular flexibility index (Phi) is 4.82. The molecule has 0 radical (unpaired) electrons. The maximum absolute atomic E-state index is 13.5. The van der Waals surface area contributed by atoms with Crippen molar-refractivity contribution in [3.63, 3.8) is 0 Å². The number of carbonyl (C=O) groups is 2. The number of rotatable bonds is 4. The molecule has 11 heteroatoms. The number of carbonyl (C=O) groups excluding carboxylic acids is 2. The number of piperidine rings is 1. The van der Waals surface area contributed by atoms with Crippen LogP contribution in [-0.4, -0.2) is 72.4 Å². The van der Waals surface area contributed by atoms with Gasteiger partial charge in [0.25, 0.3) is 5.91 Å². The minimum Gasteiger partial charge on any atom is -0.493 e. The number of aromatic nitrogens is 6. The van der Waals surface area contributed by atoms with E-state index < -0.39 is 5.60 Å². The van der Waals surface area contributed by atoms with Gasteiger partial charge in [0.2, 0.25) is 5.82 Å². The Morgan fingerprint density at radius 1 is 1.22 bits per heavy atom. The molecule has 1 saturated heterocycles. The highest BCUT2D eigenvalue weighted by molar-refractivity contribution is 6.01. The summed E-state index contributed by atoms with van der Waals surface area (Å²) in [4.78, 5) is 33.0. The topological polar surface area (TPSA) is 128 Å². The number of ketones is 1. The predicted molar refractivity (Wildman–Crippen MR) is 131 cm³/mol. The SMILES string of the molecule is COc1cc(C(=O)N2CCC3(CC2)CC(=O)c2cc(-c4nn[nH]n4)ccc2O3)cn2c(C3CC3)cnc12. The Morgan fingerprint density at radius 3 is 2.78 bits per heavy atom. The van der Waals surface area contributed by atoms with Gasteiger partial charge in [0.1, 0.15) is 11.4 Å². The van der Waals surface area contributed by atoms with Gasteiger partial charge in [-0.3, -0.25) is 14.0 Å². The van der Waals surface area contributed by atoms with Crippen LogP contribution in [0.3, 0.4) is 0 Å². The molecule has 3 aromatic heterocycles. The van der Waals surface area contributed by atoms with Gasteiger partial charge in [0.15, 0.2) is 17.2 Å². The third-order valence-electron chi connectivity index (χ3n) is 7.72. The number of pyridine rings is 1. The summed E-state index contributed by atoms with van der Waals surface area (Å²) in [6, 6.07) is 7.14. The van der Waals surface area contributed by atoms with Gasteiger partial charge < -0.3 is 14.4 Å². The number of benzene rings is 1. The van der Waals surface area contributed by atoms with E-state index in [9.17, 15) is 9.59 Å². The van der Waals surface area contributed by atoms with Crippen LogP contribution >= 0.6 is 0 Å². The fourth-order valence-corrected chi connectivity index (χ4v) is 5.52. The molecule has 1 aromatic carbocycles. The van der Waals surface area contributed by atoms with Gasteiger partial charge in [0, 0.05) is 55.5 Å². The Hall–Kier alpha value is -4.28. The Bertz CT molecular complexity index is 1530. The van der Waals surface area contributed by atoms with Crippen molar-refractivity contribution in [3.8, 4) is 22.9 Å². The number of H-pyrrole nitrogens is 1. The lowest BCUT2D eigenvalue weighted by atomic mass is 9.82. The van der Waals surface area contributed by atoms with Crippen molar-refractivity contribution in [3.05, 3.63) is 53.5 Å². The average Bonchev–Trinajstić information content (AvgIpc) is 3.43. The van der Waals surface area contributed by atoms with Gasteiger partial charge in [0.05, 0.1) is 24.7 Å². The fourth-order valence-electron chi connectivity index (χ4n) is 5.52. The number of tetrazole rings is 1. The smallest absolute Gasteiger partial charge is 0.255 e. The van der Waals surface area contributed by atoms with Gasteiger partial charge >= 0.3 is 0 Å². The van der Waals surface area contributed by atoms with E-state index in [0.717, 1.165) is 24.2 Å². The molecular weight excluding hydrogens is 474 g/mol. The number of amides is 1. The van der Waals surface area contributed by atoms with E-state index in [2.05, 4.69) is 25.6 Å². The highest BCUT2D eigenvalue weighted by Gasteiger charge is 2.44. The minimum atomic E-state index is -0.611. The first-order valence-electron chi connectivity index (χ1n) is 12.5. The van der Waals surface area contributed by atoms with Crippen molar-refractivity contribution in [2.24, 2.45) is 0 Å². The van der Waals surface area contributed by atoms with Crippen molar-refractivity contribution >= 4 is 17.3 Å². The van der Waals surface area contributed by atoms with Gasteiger partial charge in [-0.05, 0) is 42.3 Å². The second-order valence-electron chi connectivity index (χ2n) is 10.1. The van der Waals surface area contributed by atoms with Crippen LogP contribution in [0.1, 0.15) is 64.4 Å². The average molecular weight is 500 g/mol. The Balaban J connectivity index is 1.10. The highest BCUT2D eigenvalue weighted by atomic mass is 16.5. The summed E-state index contributed by atoms with van der Waals surface area (Å²) in [6.45, 7) is 1.00. The first kappa shape index (κ1) is 22.0. The molecule has 3 aliphatic rings. The molecule has 1 N–H and O–H groups in total. The van der Waals surface area contributed by atoms with Crippen molar-refractivity contribution < 1.29 is 19.1 Å². The zero-order valence-corrected chi connectivity index (χ0v) is 20.3. The second kappa shape index (κ2) is 8.12. The quantitative estimate of drug-likeness (QED) is 0.454. The third kappa shape index (κ3) is 3.64. The molecule has 7 rings (SSSR count). The van der Waals surface area contributed by atoms with Gasteiger partial charge in [-0.25, -0.2) is 4.98 Å². The Morgan fingerprint density at radius 2 is 2.05 bits per heavy atom. The number of ether oxygens (including phenoxy) is 2. The lowest BCUT2D eigenvalue weighted by molar-refractivity contribution is -0.00571. The molecule has 4 aromatic rings. The summed E-state index contributed by atoms with van der Waals surface area (Å²) in [5.74, 6) is 2.03. The number of likely N-dealkylation sites (tertiary alicyclic amines) is 1. The number of methoxy groups -OCH3 is 1. The van der Waals surface area contributed by atoms with E-state index in [-0.39, 0.29) is 18.1 Å². The molecule has 2 fully saturated rings. The molecule has 1 saturated carbocycles. The normalized spacial score (nSPS) is 18.6. The van der Waals surface area contributed by atoms with Crippen LogP contribution in [0.2, 0.25) is 0 Å². The molecule has 1 aliphatic carbocycles. The standard InChI is InChI=1S/C26H25N7O4/c1-36-22-11-17(14-33-19(15-2-3-15)13-27-24(22)33)25(35)32-8-6-26(7-9-32)12-20(34)18-10-16(4-5-21(18)37-26)23-28-30-31-29-23/h4-5,10-11,13-15H,2-3,6-9,12H2,1H3,(H,28,29,30,31). The second-order valence-corrected chi connectivity index (χ2v) is 10.1. The molecule has 188 valence electrons. The highest BCUT2D eigenvalue weighted by Crippen LogP contribution is 2.42. The minimum absolute atomic E-state index is 0.0225. The maximum atomic E-state index is 13.5. The molecule has 11 nitrogen and oxygen atoms in total. The molecule has 5 heterocycles. The van der Waals surface area contributed by atoms with Crippen molar-refractivity contribution in [2.75, 3.05) is 20.2 Å². The number of Topliss-reactive ketones (excluding diaryl/α,β-unsaturated/α-hetero) is 1. The monoisotopic (exact) mass is 499 g/mol. The summed E-state index contributed by atoms with van der Waals surface area (Å²) in [5, 5.41) is 14.0. The zero-order chi connectivity index (χ0) is 25.1. The molecule has 1 spiro atoms. The summed E-state index contributed by atoms with van der Waals surface area (Å²) >= 11 is 0. The summed E-state index contributed by atoms with van der Waals surface area (Å²) in [6.07, 6.45) is 7.48. The molecule has 0 unspecified atom stereocenters. The number of hydrogen-bond donors (Lipinski definition) is 1. The van der Waals surface area contributed by atoms with Crippen LogP contribution in [0.25, 0.3) is 17.0 Å². The van der Waals surface area contributed by atoms with Crippen LogP contribution in [0.4, 0.5) is 0 Å². The number of nitrogens with one attached hydrogen (secondary N) is 1. The number of aromatic amines is 1. The van der Waals surface area contributed by atoms with Gasteiger partial charge in [-0.2, -0.15) is 5.21 Å². The first-order chi connectivity index (χ1) is 18.0. The van der Waals surface area contributed by atoms with Crippen LogP contribution < -0.4 is 9.47 Å².